The zero-order valence-electron chi connectivity index (χ0n) is 16.8. The summed E-state index contributed by atoms with van der Waals surface area (Å²) in [6, 6.07) is 23.3. The van der Waals surface area contributed by atoms with Gasteiger partial charge in [-0.3, -0.25) is 4.99 Å². The van der Waals surface area contributed by atoms with Crippen molar-refractivity contribution >= 4 is 6.21 Å². The van der Waals surface area contributed by atoms with E-state index in [1.165, 1.54) is 22.3 Å². The van der Waals surface area contributed by atoms with Crippen LogP contribution in [0.1, 0.15) is 55.4 Å². The Morgan fingerprint density at radius 1 is 0.857 bits per heavy atom. The Labute approximate surface area is 167 Å². The second-order valence-electron chi connectivity index (χ2n) is 8.54. The molecule has 0 aliphatic heterocycles. The summed E-state index contributed by atoms with van der Waals surface area (Å²) >= 11 is 0. The largest absolute Gasteiger partial charge is 0.507 e. The van der Waals surface area contributed by atoms with E-state index in [1.54, 1.807) is 0 Å². The number of phenolic OH excluding ortho intramolecular Hbond substituents is 1. The van der Waals surface area contributed by atoms with Crippen molar-refractivity contribution in [3.8, 4) is 16.9 Å². The molecule has 1 aliphatic rings. The predicted octanol–water partition coefficient (Wildman–Crippen LogP) is 6.31. The number of rotatable bonds is 4. The first-order valence-corrected chi connectivity index (χ1v) is 9.97. The third kappa shape index (κ3) is 3.35. The van der Waals surface area contributed by atoms with Gasteiger partial charge in [0.1, 0.15) is 5.75 Å². The van der Waals surface area contributed by atoms with Crippen LogP contribution in [0.2, 0.25) is 0 Å². The van der Waals surface area contributed by atoms with E-state index >= 15 is 0 Å². The molecule has 4 rings (SSSR count). The van der Waals surface area contributed by atoms with Gasteiger partial charge in [0.25, 0.3) is 0 Å². The topological polar surface area (TPSA) is 32.6 Å². The van der Waals surface area contributed by atoms with Gasteiger partial charge in [0, 0.05) is 24.2 Å². The van der Waals surface area contributed by atoms with Crippen LogP contribution in [0, 0.1) is 0 Å². The first-order chi connectivity index (χ1) is 13.5. The van der Waals surface area contributed by atoms with Crippen LogP contribution in [0.4, 0.5) is 0 Å². The molecule has 1 N–H and O–H groups in total. The molecule has 3 aromatic carbocycles. The molecular weight excluding hydrogens is 342 g/mol. The normalized spacial score (nSPS) is 13.7. The lowest BCUT2D eigenvalue weighted by atomic mass is 9.85. The minimum Gasteiger partial charge on any atom is -0.507 e. The molecule has 0 unspecified atom stereocenters. The molecule has 0 bridgehead atoms. The van der Waals surface area contributed by atoms with E-state index in [2.05, 4.69) is 74.3 Å². The molecule has 2 nitrogen and oxygen atoms in total. The van der Waals surface area contributed by atoms with Crippen molar-refractivity contribution in [1.82, 2.24) is 0 Å². The Morgan fingerprint density at radius 3 is 2.07 bits per heavy atom. The average molecular weight is 370 g/mol. The Morgan fingerprint density at radius 2 is 1.46 bits per heavy atom. The van der Waals surface area contributed by atoms with Crippen LogP contribution < -0.4 is 0 Å². The zero-order chi connectivity index (χ0) is 19.7. The van der Waals surface area contributed by atoms with Gasteiger partial charge in [0.2, 0.25) is 0 Å². The van der Waals surface area contributed by atoms with Crippen molar-refractivity contribution in [3.05, 3.63) is 89.0 Å². The SMILES string of the molecule is CC(C)(C)c1cccc(C=NCCC2c3ccccc3-c3ccccc32)c1O. The van der Waals surface area contributed by atoms with Gasteiger partial charge < -0.3 is 5.11 Å². The Bertz CT molecular complexity index is 981. The fourth-order valence-corrected chi connectivity index (χ4v) is 4.21. The van der Waals surface area contributed by atoms with E-state index in [0.29, 0.717) is 11.7 Å². The summed E-state index contributed by atoms with van der Waals surface area (Å²) < 4.78 is 0. The fraction of sp³-hybridized carbons (Fsp3) is 0.269. The van der Waals surface area contributed by atoms with E-state index in [-0.39, 0.29) is 5.41 Å². The van der Waals surface area contributed by atoms with Crippen LogP contribution in [0.25, 0.3) is 11.1 Å². The van der Waals surface area contributed by atoms with Crippen LogP contribution in [0.3, 0.4) is 0 Å². The maximum Gasteiger partial charge on any atom is 0.128 e. The summed E-state index contributed by atoms with van der Waals surface area (Å²) in [6.45, 7) is 7.06. The van der Waals surface area contributed by atoms with E-state index in [1.807, 2.05) is 24.4 Å². The van der Waals surface area contributed by atoms with Gasteiger partial charge in [-0.1, -0.05) is 81.4 Å². The minimum absolute atomic E-state index is 0.0921. The third-order valence-electron chi connectivity index (χ3n) is 5.62. The number of hydrogen-bond donors (Lipinski definition) is 1. The quantitative estimate of drug-likeness (QED) is 0.537. The molecule has 28 heavy (non-hydrogen) atoms. The molecule has 1 aliphatic carbocycles. The van der Waals surface area contributed by atoms with Crippen molar-refractivity contribution in [2.24, 2.45) is 4.99 Å². The van der Waals surface area contributed by atoms with Crippen molar-refractivity contribution in [3.63, 3.8) is 0 Å². The second kappa shape index (κ2) is 7.27. The molecule has 0 amide bonds. The third-order valence-corrected chi connectivity index (χ3v) is 5.62. The summed E-state index contributed by atoms with van der Waals surface area (Å²) in [4.78, 5) is 4.65. The molecule has 0 fully saturated rings. The van der Waals surface area contributed by atoms with Gasteiger partial charge in [0.15, 0.2) is 0 Å². The lowest BCUT2D eigenvalue weighted by molar-refractivity contribution is 0.446. The molecule has 2 heteroatoms. The van der Waals surface area contributed by atoms with Gasteiger partial charge in [-0.25, -0.2) is 0 Å². The molecule has 3 aromatic rings. The number of benzene rings is 3. The highest BCUT2D eigenvalue weighted by Gasteiger charge is 2.27. The number of nitrogens with zero attached hydrogens (tertiary/aromatic N) is 1. The van der Waals surface area contributed by atoms with E-state index in [9.17, 15) is 5.11 Å². The molecule has 0 saturated heterocycles. The smallest absolute Gasteiger partial charge is 0.128 e. The maximum absolute atomic E-state index is 10.6. The van der Waals surface area contributed by atoms with Gasteiger partial charge in [-0.05, 0) is 45.7 Å². The molecular formula is C26H27NO. The Kier molecular flexibility index (Phi) is 4.80. The number of aromatic hydroxyl groups is 1. The maximum atomic E-state index is 10.6. The second-order valence-corrected chi connectivity index (χ2v) is 8.54. The molecule has 0 saturated carbocycles. The molecule has 0 radical (unpaired) electrons. The van der Waals surface area contributed by atoms with Gasteiger partial charge >= 0.3 is 0 Å². The highest BCUT2D eigenvalue weighted by atomic mass is 16.3. The van der Waals surface area contributed by atoms with Crippen LogP contribution in [-0.4, -0.2) is 17.9 Å². The number of hydrogen-bond acceptors (Lipinski definition) is 2. The summed E-state index contributed by atoms with van der Waals surface area (Å²) in [6.07, 6.45) is 2.78. The van der Waals surface area contributed by atoms with Gasteiger partial charge in [0.05, 0.1) is 0 Å². The first-order valence-electron chi connectivity index (χ1n) is 9.97. The highest BCUT2D eigenvalue weighted by molar-refractivity contribution is 5.84. The summed E-state index contributed by atoms with van der Waals surface area (Å²) in [5, 5.41) is 10.6. The van der Waals surface area contributed by atoms with E-state index < -0.39 is 0 Å². The molecule has 0 heterocycles. The van der Waals surface area contributed by atoms with Gasteiger partial charge in [-0.2, -0.15) is 0 Å². The van der Waals surface area contributed by atoms with Crippen LogP contribution >= 0.6 is 0 Å². The predicted molar refractivity (Wildman–Crippen MR) is 118 cm³/mol. The number of aliphatic imine (C=N–C) groups is 1. The average Bonchev–Trinajstić information content (AvgIpc) is 2.99. The minimum atomic E-state index is -0.0921. The summed E-state index contributed by atoms with van der Waals surface area (Å²) in [7, 11) is 0. The van der Waals surface area contributed by atoms with Crippen molar-refractivity contribution in [1.29, 1.82) is 0 Å². The molecule has 0 aromatic heterocycles. The number of fused-ring (bicyclic) bond motifs is 3. The standard InChI is InChI=1S/C26H27NO/c1-26(2,3)24-14-8-9-18(25(24)28)17-27-16-15-23-21-12-6-4-10-19(21)20-11-5-7-13-22(20)23/h4-14,17,23,28H,15-16H2,1-3H3. The van der Waals surface area contributed by atoms with E-state index in [0.717, 1.165) is 24.1 Å². The summed E-state index contributed by atoms with van der Waals surface area (Å²) in [5.74, 6) is 0.731. The molecule has 0 atom stereocenters. The van der Waals surface area contributed by atoms with Crippen LogP contribution in [0.15, 0.2) is 71.7 Å². The monoisotopic (exact) mass is 369 g/mol. The lowest BCUT2D eigenvalue weighted by Crippen LogP contribution is -2.11. The zero-order valence-corrected chi connectivity index (χ0v) is 16.8. The fourth-order valence-electron chi connectivity index (χ4n) is 4.21. The lowest BCUT2D eigenvalue weighted by Gasteiger charge is -2.21. The number of para-hydroxylation sites is 1. The summed E-state index contributed by atoms with van der Waals surface area (Å²) in [5.41, 5.74) is 7.15. The molecule has 142 valence electrons. The Balaban J connectivity index is 1.52. The van der Waals surface area contributed by atoms with Crippen molar-refractivity contribution in [2.75, 3.05) is 6.54 Å². The molecule has 0 spiro atoms. The van der Waals surface area contributed by atoms with Gasteiger partial charge in [-0.15, -0.1) is 0 Å². The van der Waals surface area contributed by atoms with Crippen LogP contribution in [0.5, 0.6) is 5.75 Å². The van der Waals surface area contributed by atoms with Crippen molar-refractivity contribution < 1.29 is 5.11 Å². The van der Waals surface area contributed by atoms with Crippen LogP contribution in [-0.2, 0) is 5.41 Å². The first kappa shape index (κ1) is 18.5. The van der Waals surface area contributed by atoms with E-state index in [4.69, 9.17) is 0 Å². The number of phenols is 1. The Hall–Kier alpha value is -2.87. The highest BCUT2D eigenvalue weighted by Crippen LogP contribution is 2.46. The van der Waals surface area contributed by atoms with Crippen molar-refractivity contribution in [2.45, 2.75) is 38.5 Å².